The maximum Gasteiger partial charge on any atom is 0.233 e. The second-order valence-electron chi connectivity index (χ2n) is 5.37. The number of fused-ring (bicyclic) bond motifs is 2. The van der Waals surface area contributed by atoms with E-state index in [1.807, 2.05) is 48.5 Å². The summed E-state index contributed by atoms with van der Waals surface area (Å²) in [7, 11) is 0. The zero-order valence-electron chi connectivity index (χ0n) is 10.8. The van der Waals surface area contributed by atoms with Gasteiger partial charge >= 0.3 is 0 Å². The van der Waals surface area contributed by atoms with Crippen LogP contribution >= 0.6 is 0 Å². The summed E-state index contributed by atoms with van der Waals surface area (Å²) in [5.74, 6) is -0.651. The predicted octanol–water partition coefficient (Wildman–Crippen LogP) is 2.63. The molecule has 20 heavy (non-hydrogen) atoms. The Morgan fingerprint density at radius 1 is 0.850 bits per heavy atom. The third-order valence-corrected chi connectivity index (χ3v) is 4.27. The van der Waals surface area contributed by atoms with Crippen LogP contribution in [-0.4, -0.2) is 11.7 Å². The number of hydrogen-bond donors (Lipinski definition) is 1. The molecule has 3 nitrogen and oxygen atoms in total. The van der Waals surface area contributed by atoms with E-state index in [9.17, 15) is 9.59 Å². The van der Waals surface area contributed by atoms with Crippen molar-refractivity contribution in [2.45, 2.75) is 18.3 Å². The minimum atomic E-state index is -0.387. The number of benzene rings is 2. The van der Waals surface area contributed by atoms with Crippen LogP contribution in [0, 0.1) is 0 Å². The van der Waals surface area contributed by atoms with Gasteiger partial charge in [-0.2, -0.15) is 0 Å². The molecule has 3 heteroatoms. The van der Waals surface area contributed by atoms with Crippen LogP contribution in [0.4, 0.5) is 5.69 Å². The highest BCUT2D eigenvalue weighted by atomic mass is 16.2. The summed E-state index contributed by atoms with van der Waals surface area (Å²) in [4.78, 5) is 24.7. The molecule has 2 atom stereocenters. The first-order chi connectivity index (χ1) is 9.75. The zero-order chi connectivity index (χ0) is 13.7. The molecule has 0 spiro atoms. The molecule has 0 saturated carbocycles. The van der Waals surface area contributed by atoms with Gasteiger partial charge in [-0.05, 0) is 22.8 Å². The van der Waals surface area contributed by atoms with E-state index in [4.69, 9.17) is 0 Å². The van der Waals surface area contributed by atoms with Gasteiger partial charge in [0.15, 0.2) is 0 Å². The van der Waals surface area contributed by atoms with E-state index in [1.54, 1.807) is 0 Å². The minimum absolute atomic E-state index is 0.0683. The molecule has 1 aliphatic heterocycles. The van der Waals surface area contributed by atoms with E-state index in [0.29, 0.717) is 6.42 Å². The van der Waals surface area contributed by atoms with Crippen molar-refractivity contribution in [2.75, 3.05) is 5.32 Å². The number of para-hydroxylation sites is 1. The summed E-state index contributed by atoms with van der Waals surface area (Å²) < 4.78 is 0. The van der Waals surface area contributed by atoms with Crippen molar-refractivity contribution in [1.82, 2.24) is 0 Å². The van der Waals surface area contributed by atoms with E-state index in [2.05, 4.69) is 5.32 Å². The highest BCUT2D eigenvalue weighted by molar-refractivity contribution is 6.08. The standard InChI is InChI=1S/C17H13NO2/c19-14-9-10-5-1-2-6-11(10)15(14)16-12-7-3-4-8-13(12)18-17(16)20/h1-8,15-16H,9H2,(H,18,20). The third kappa shape index (κ3) is 1.46. The van der Waals surface area contributed by atoms with Gasteiger partial charge in [0, 0.05) is 12.1 Å². The summed E-state index contributed by atoms with van der Waals surface area (Å²) in [6, 6.07) is 15.5. The number of carbonyl (C=O) groups is 2. The summed E-state index contributed by atoms with van der Waals surface area (Å²) in [6.07, 6.45) is 0.437. The molecule has 2 aromatic rings. The van der Waals surface area contributed by atoms with Crippen LogP contribution in [0.1, 0.15) is 28.5 Å². The third-order valence-electron chi connectivity index (χ3n) is 4.27. The van der Waals surface area contributed by atoms with Gasteiger partial charge in [0.25, 0.3) is 0 Å². The Morgan fingerprint density at radius 2 is 1.55 bits per heavy atom. The van der Waals surface area contributed by atoms with E-state index in [1.165, 1.54) is 0 Å². The average molecular weight is 263 g/mol. The molecule has 0 saturated heterocycles. The van der Waals surface area contributed by atoms with E-state index in [-0.39, 0.29) is 23.5 Å². The number of nitrogens with one attached hydrogen (secondary N) is 1. The number of ketones is 1. The lowest BCUT2D eigenvalue weighted by atomic mass is 9.82. The summed E-state index contributed by atoms with van der Waals surface area (Å²) in [6.45, 7) is 0. The van der Waals surface area contributed by atoms with Crippen LogP contribution in [-0.2, 0) is 16.0 Å². The Labute approximate surface area is 116 Å². The van der Waals surface area contributed by atoms with E-state index < -0.39 is 0 Å². The molecular weight excluding hydrogens is 250 g/mol. The van der Waals surface area contributed by atoms with Gasteiger partial charge in [0.1, 0.15) is 5.78 Å². The van der Waals surface area contributed by atoms with Gasteiger partial charge in [-0.15, -0.1) is 0 Å². The van der Waals surface area contributed by atoms with E-state index in [0.717, 1.165) is 22.4 Å². The fraction of sp³-hybridized carbons (Fsp3) is 0.176. The van der Waals surface area contributed by atoms with Gasteiger partial charge in [0.2, 0.25) is 5.91 Å². The molecule has 4 rings (SSSR count). The molecule has 1 N–H and O–H groups in total. The van der Waals surface area contributed by atoms with Crippen molar-refractivity contribution in [3.8, 4) is 0 Å². The zero-order valence-corrected chi connectivity index (χ0v) is 10.8. The molecule has 0 radical (unpaired) electrons. The SMILES string of the molecule is O=C1Cc2ccccc2C1C1C(=O)Nc2ccccc21. The summed E-state index contributed by atoms with van der Waals surface area (Å²) >= 11 is 0. The molecule has 0 fully saturated rings. The topological polar surface area (TPSA) is 46.2 Å². The molecular formula is C17H13NO2. The lowest BCUT2D eigenvalue weighted by Crippen LogP contribution is -2.22. The maximum absolute atomic E-state index is 12.4. The average Bonchev–Trinajstić information content (AvgIpc) is 2.94. The smallest absolute Gasteiger partial charge is 0.233 e. The van der Waals surface area contributed by atoms with Gasteiger partial charge in [-0.1, -0.05) is 42.5 Å². The highest BCUT2D eigenvalue weighted by Gasteiger charge is 2.44. The number of carbonyl (C=O) groups excluding carboxylic acids is 2. The van der Waals surface area contributed by atoms with Gasteiger partial charge in [0.05, 0.1) is 11.8 Å². The van der Waals surface area contributed by atoms with Crippen LogP contribution in [0.15, 0.2) is 48.5 Å². The van der Waals surface area contributed by atoms with Gasteiger partial charge in [-0.25, -0.2) is 0 Å². The first-order valence-electron chi connectivity index (χ1n) is 6.76. The quantitative estimate of drug-likeness (QED) is 0.859. The lowest BCUT2D eigenvalue weighted by Gasteiger charge is -2.17. The largest absolute Gasteiger partial charge is 0.325 e. The second kappa shape index (κ2) is 4.04. The van der Waals surface area contributed by atoms with Crippen molar-refractivity contribution < 1.29 is 9.59 Å². The van der Waals surface area contributed by atoms with Crippen molar-refractivity contribution in [3.63, 3.8) is 0 Å². The molecule has 2 aliphatic rings. The first kappa shape index (κ1) is 11.4. The summed E-state index contributed by atoms with van der Waals surface area (Å²) in [5.41, 5.74) is 3.83. The maximum atomic E-state index is 12.4. The number of hydrogen-bond acceptors (Lipinski definition) is 2. The normalized spacial score (nSPS) is 23.4. The van der Waals surface area contributed by atoms with Crippen molar-refractivity contribution in [1.29, 1.82) is 0 Å². The number of rotatable bonds is 1. The van der Waals surface area contributed by atoms with Crippen molar-refractivity contribution in [3.05, 3.63) is 65.2 Å². The fourth-order valence-corrected chi connectivity index (χ4v) is 3.40. The fourth-order valence-electron chi connectivity index (χ4n) is 3.40. The Kier molecular flexibility index (Phi) is 2.30. The molecule has 0 bridgehead atoms. The van der Waals surface area contributed by atoms with Crippen LogP contribution in [0.5, 0.6) is 0 Å². The molecule has 1 aliphatic carbocycles. The van der Waals surface area contributed by atoms with E-state index >= 15 is 0 Å². The van der Waals surface area contributed by atoms with Crippen molar-refractivity contribution >= 4 is 17.4 Å². The predicted molar refractivity (Wildman–Crippen MR) is 75.7 cm³/mol. The Hall–Kier alpha value is -2.42. The van der Waals surface area contributed by atoms with Crippen LogP contribution in [0.2, 0.25) is 0 Å². The number of amides is 1. The molecule has 0 aromatic heterocycles. The molecule has 1 amide bonds. The number of Topliss-reactive ketones (excluding diaryl/α,β-unsaturated/α-hetero) is 1. The Balaban J connectivity index is 1.86. The van der Waals surface area contributed by atoms with Crippen LogP contribution < -0.4 is 5.32 Å². The number of anilines is 1. The molecule has 1 heterocycles. The molecule has 2 unspecified atom stereocenters. The van der Waals surface area contributed by atoms with Gasteiger partial charge in [-0.3, -0.25) is 9.59 Å². The van der Waals surface area contributed by atoms with Crippen molar-refractivity contribution in [2.24, 2.45) is 0 Å². The molecule has 2 aromatic carbocycles. The Morgan fingerprint density at radius 3 is 2.40 bits per heavy atom. The van der Waals surface area contributed by atoms with Crippen LogP contribution in [0.3, 0.4) is 0 Å². The van der Waals surface area contributed by atoms with Crippen LogP contribution in [0.25, 0.3) is 0 Å². The minimum Gasteiger partial charge on any atom is -0.325 e. The monoisotopic (exact) mass is 263 g/mol. The summed E-state index contributed by atoms with van der Waals surface area (Å²) in [5, 5.41) is 2.88. The van der Waals surface area contributed by atoms with Gasteiger partial charge < -0.3 is 5.32 Å². The second-order valence-corrected chi connectivity index (χ2v) is 5.37. The molecule has 98 valence electrons. The highest BCUT2D eigenvalue weighted by Crippen LogP contribution is 2.46. The Bertz CT molecular complexity index is 672. The first-order valence-corrected chi connectivity index (χ1v) is 6.76. The lowest BCUT2D eigenvalue weighted by molar-refractivity contribution is -0.124.